The van der Waals surface area contributed by atoms with Crippen LogP contribution in [0.4, 0.5) is 0 Å². The van der Waals surface area contributed by atoms with Crippen molar-refractivity contribution < 1.29 is 9.21 Å². The highest BCUT2D eigenvalue weighted by Gasteiger charge is 2.38. The van der Waals surface area contributed by atoms with Gasteiger partial charge in [0.25, 0.3) is 0 Å². The molecule has 0 aliphatic carbocycles. The number of rotatable bonds is 6. The Kier molecular flexibility index (Phi) is 4.81. The highest BCUT2D eigenvalue weighted by atomic mass is 16.3. The van der Waals surface area contributed by atoms with E-state index < -0.39 is 5.54 Å². The molecule has 2 heterocycles. The number of ketones is 1. The molecule has 0 unspecified atom stereocenters. The average Bonchev–Trinajstić information content (AvgIpc) is 3.55. The van der Waals surface area contributed by atoms with Crippen LogP contribution in [0.25, 0.3) is 0 Å². The minimum atomic E-state index is -0.696. The molecular formula is C27H20N2O2. The van der Waals surface area contributed by atoms with E-state index in [1.807, 2.05) is 59.2 Å². The SMILES string of the molecule is O=C(c1cn(C(c2ccccc2)(c2ccccc2)c2ccccc2)cn1)c1ccco1. The second-order valence-electron chi connectivity index (χ2n) is 7.28. The molecule has 0 saturated heterocycles. The minimum Gasteiger partial charge on any atom is -0.461 e. The summed E-state index contributed by atoms with van der Waals surface area (Å²) in [6.07, 6.45) is 5.02. The van der Waals surface area contributed by atoms with E-state index in [0.717, 1.165) is 16.7 Å². The molecule has 0 aliphatic rings. The van der Waals surface area contributed by atoms with E-state index in [-0.39, 0.29) is 11.5 Å². The Morgan fingerprint density at radius 1 is 0.710 bits per heavy atom. The zero-order chi connectivity index (χ0) is 21.1. The van der Waals surface area contributed by atoms with E-state index >= 15 is 0 Å². The molecule has 150 valence electrons. The van der Waals surface area contributed by atoms with E-state index in [9.17, 15) is 4.79 Å². The van der Waals surface area contributed by atoms with Gasteiger partial charge in [0, 0.05) is 6.20 Å². The van der Waals surface area contributed by atoms with E-state index in [4.69, 9.17) is 4.42 Å². The molecule has 4 nitrogen and oxygen atoms in total. The van der Waals surface area contributed by atoms with Gasteiger partial charge >= 0.3 is 0 Å². The lowest BCUT2D eigenvalue weighted by atomic mass is 9.77. The fraction of sp³-hybridized carbons (Fsp3) is 0.0370. The first-order valence-corrected chi connectivity index (χ1v) is 10.1. The van der Waals surface area contributed by atoms with Gasteiger partial charge < -0.3 is 8.98 Å². The fourth-order valence-corrected chi connectivity index (χ4v) is 4.14. The highest BCUT2D eigenvalue weighted by molar-refractivity contribution is 6.05. The normalized spacial score (nSPS) is 11.4. The quantitative estimate of drug-likeness (QED) is 0.275. The van der Waals surface area contributed by atoms with Gasteiger partial charge in [0.15, 0.2) is 5.76 Å². The molecule has 2 aromatic heterocycles. The molecule has 4 heteroatoms. The largest absolute Gasteiger partial charge is 0.461 e. The van der Waals surface area contributed by atoms with E-state index in [0.29, 0.717) is 5.69 Å². The number of furan rings is 1. The predicted octanol–water partition coefficient (Wildman–Crippen LogP) is 5.55. The summed E-state index contributed by atoms with van der Waals surface area (Å²) in [6, 6.07) is 34.2. The first-order chi connectivity index (χ1) is 15.3. The highest BCUT2D eigenvalue weighted by Crippen LogP contribution is 2.40. The molecule has 5 rings (SSSR count). The molecular weight excluding hydrogens is 384 g/mol. The van der Waals surface area contributed by atoms with Crippen molar-refractivity contribution in [3.05, 3.63) is 150 Å². The Bertz CT molecular complexity index is 1180. The van der Waals surface area contributed by atoms with Crippen molar-refractivity contribution in [1.82, 2.24) is 9.55 Å². The smallest absolute Gasteiger partial charge is 0.248 e. The third-order valence-corrected chi connectivity index (χ3v) is 5.52. The van der Waals surface area contributed by atoms with Crippen LogP contribution in [0.2, 0.25) is 0 Å². The van der Waals surface area contributed by atoms with Crippen molar-refractivity contribution in [2.75, 3.05) is 0 Å². The van der Waals surface area contributed by atoms with Crippen molar-refractivity contribution in [3.63, 3.8) is 0 Å². The van der Waals surface area contributed by atoms with Crippen molar-refractivity contribution in [2.45, 2.75) is 5.54 Å². The topological polar surface area (TPSA) is 48.0 Å². The maximum absolute atomic E-state index is 12.9. The number of carbonyl (C=O) groups excluding carboxylic acids is 1. The summed E-state index contributed by atoms with van der Waals surface area (Å²) >= 11 is 0. The lowest BCUT2D eigenvalue weighted by Crippen LogP contribution is -2.37. The van der Waals surface area contributed by atoms with Crippen LogP contribution in [0, 0.1) is 0 Å². The van der Waals surface area contributed by atoms with Crippen molar-refractivity contribution >= 4 is 5.78 Å². The molecule has 31 heavy (non-hydrogen) atoms. The van der Waals surface area contributed by atoms with Crippen molar-refractivity contribution in [1.29, 1.82) is 0 Å². The molecule has 0 spiro atoms. The van der Waals surface area contributed by atoms with Crippen LogP contribution < -0.4 is 0 Å². The van der Waals surface area contributed by atoms with E-state index in [1.54, 1.807) is 24.7 Å². The summed E-state index contributed by atoms with van der Waals surface area (Å²) in [7, 11) is 0. The standard InChI is InChI=1S/C27H20N2O2/c30-26(25-17-10-18-31-25)24-19-29(20-28-24)27(21-11-4-1-5-12-21,22-13-6-2-7-14-22)23-15-8-3-9-16-23/h1-20H. The predicted molar refractivity (Wildman–Crippen MR) is 119 cm³/mol. The summed E-state index contributed by atoms with van der Waals surface area (Å²) < 4.78 is 7.32. The fourth-order valence-electron chi connectivity index (χ4n) is 4.14. The molecule has 0 radical (unpaired) electrons. The molecule has 0 aliphatic heterocycles. The van der Waals surface area contributed by atoms with Crippen LogP contribution in [0.15, 0.2) is 126 Å². The van der Waals surface area contributed by atoms with Gasteiger partial charge in [-0.3, -0.25) is 4.79 Å². The average molecular weight is 404 g/mol. The Balaban J connectivity index is 1.78. The van der Waals surface area contributed by atoms with Crippen LogP contribution in [0.3, 0.4) is 0 Å². The number of hydrogen-bond donors (Lipinski definition) is 0. The zero-order valence-electron chi connectivity index (χ0n) is 16.8. The van der Waals surface area contributed by atoms with Crippen LogP contribution in [0.1, 0.15) is 32.9 Å². The van der Waals surface area contributed by atoms with Crippen molar-refractivity contribution in [3.8, 4) is 0 Å². The Morgan fingerprint density at radius 2 is 1.23 bits per heavy atom. The Labute approximate surface area is 180 Å². The number of imidazole rings is 1. The third kappa shape index (κ3) is 3.19. The summed E-state index contributed by atoms with van der Waals surface area (Å²) in [6.45, 7) is 0. The lowest BCUT2D eigenvalue weighted by molar-refractivity contribution is 0.100. The van der Waals surface area contributed by atoms with Gasteiger partial charge in [-0.1, -0.05) is 91.0 Å². The molecule has 0 saturated carbocycles. The molecule has 0 N–H and O–H groups in total. The molecule has 0 atom stereocenters. The first kappa shape index (κ1) is 18.8. The van der Waals surface area contributed by atoms with Crippen molar-refractivity contribution in [2.24, 2.45) is 0 Å². The summed E-state index contributed by atoms with van der Waals surface area (Å²) in [5, 5.41) is 0. The molecule has 5 aromatic rings. The Hall–Kier alpha value is -4.18. The second-order valence-corrected chi connectivity index (χ2v) is 7.28. The lowest BCUT2D eigenvalue weighted by Gasteiger charge is -2.37. The molecule has 0 bridgehead atoms. The van der Waals surface area contributed by atoms with Crippen LogP contribution in [-0.4, -0.2) is 15.3 Å². The van der Waals surface area contributed by atoms with E-state index in [1.165, 1.54) is 6.26 Å². The Morgan fingerprint density at radius 3 is 1.68 bits per heavy atom. The summed E-state index contributed by atoms with van der Waals surface area (Å²) in [5.41, 5.74) is 2.85. The van der Waals surface area contributed by atoms with Gasteiger partial charge in [0.2, 0.25) is 5.78 Å². The monoisotopic (exact) mass is 404 g/mol. The van der Waals surface area contributed by atoms with Crippen LogP contribution in [-0.2, 0) is 5.54 Å². The molecule has 0 amide bonds. The van der Waals surface area contributed by atoms with Gasteiger partial charge in [0.05, 0.1) is 12.6 Å². The first-order valence-electron chi connectivity index (χ1n) is 10.1. The van der Waals surface area contributed by atoms with Gasteiger partial charge in [-0.25, -0.2) is 4.98 Å². The third-order valence-electron chi connectivity index (χ3n) is 5.52. The van der Waals surface area contributed by atoms with Gasteiger partial charge in [-0.2, -0.15) is 0 Å². The van der Waals surface area contributed by atoms with Crippen LogP contribution >= 0.6 is 0 Å². The molecule has 0 fully saturated rings. The number of carbonyl (C=O) groups is 1. The van der Waals surface area contributed by atoms with Crippen LogP contribution in [0.5, 0.6) is 0 Å². The number of aromatic nitrogens is 2. The van der Waals surface area contributed by atoms with Gasteiger partial charge in [-0.15, -0.1) is 0 Å². The summed E-state index contributed by atoms with van der Waals surface area (Å²) in [5.74, 6) is 0.0295. The van der Waals surface area contributed by atoms with E-state index in [2.05, 4.69) is 41.4 Å². The number of benzene rings is 3. The zero-order valence-corrected chi connectivity index (χ0v) is 16.8. The van der Waals surface area contributed by atoms with Gasteiger partial charge in [0.1, 0.15) is 11.2 Å². The maximum atomic E-state index is 12.9. The molecule has 3 aromatic carbocycles. The maximum Gasteiger partial charge on any atom is 0.248 e. The number of hydrogen-bond acceptors (Lipinski definition) is 3. The van der Waals surface area contributed by atoms with Gasteiger partial charge in [-0.05, 0) is 28.8 Å². The minimum absolute atomic E-state index is 0.244. The number of nitrogens with zero attached hydrogens (tertiary/aromatic N) is 2. The summed E-state index contributed by atoms with van der Waals surface area (Å²) in [4.78, 5) is 17.4. The second kappa shape index (κ2) is 7.92.